The van der Waals surface area contributed by atoms with Crippen molar-refractivity contribution in [2.45, 2.75) is 0 Å². The normalized spacial score (nSPS) is 15.9. The number of rotatable bonds is 3. The van der Waals surface area contributed by atoms with Gasteiger partial charge in [0.1, 0.15) is 18.5 Å². The highest BCUT2D eigenvalue weighted by Crippen LogP contribution is 2.21. The van der Waals surface area contributed by atoms with Gasteiger partial charge in [0.15, 0.2) is 0 Å². The van der Waals surface area contributed by atoms with Crippen molar-refractivity contribution in [2.24, 2.45) is 5.10 Å². The minimum Gasteiger partial charge on any atom is -0.378 e. The summed E-state index contributed by atoms with van der Waals surface area (Å²) in [5.41, 5.74) is 1.29. The van der Waals surface area contributed by atoms with E-state index in [0.717, 1.165) is 0 Å². The minimum atomic E-state index is -0.250. The van der Waals surface area contributed by atoms with Crippen LogP contribution in [0.5, 0.6) is 0 Å². The van der Waals surface area contributed by atoms with Gasteiger partial charge in [-0.15, -0.1) is 10.2 Å². The molecule has 1 saturated heterocycles. The Balaban J connectivity index is 1.76. The van der Waals surface area contributed by atoms with Gasteiger partial charge >= 0.3 is 0 Å². The summed E-state index contributed by atoms with van der Waals surface area (Å²) in [6, 6.07) is 5.08. The molecule has 20 heavy (non-hydrogen) atoms. The molecular weight excluding hydrogens is 261 g/mol. The van der Waals surface area contributed by atoms with Crippen LogP contribution in [0.15, 0.2) is 36.0 Å². The number of halogens is 1. The molecule has 104 valence electrons. The zero-order chi connectivity index (χ0) is 13.8. The van der Waals surface area contributed by atoms with Crippen LogP contribution in [0.4, 0.5) is 10.1 Å². The van der Waals surface area contributed by atoms with E-state index in [-0.39, 0.29) is 5.82 Å². The van der Waals surface area contributed by atoms with Crippen LogP contribution in [-0.4, -0.2) is 47.4 Å². The molecule has 0 spiro atoms. The largest absolute Gasteiger partial charge is 0.378 e. The summed E-state index contributed by atoms with van der Waals surface area (Å²) in [6.45, 7) is 2.70. The lowest BCUT2D eigenvalue weighted by Gasteiger charge is -2.29. The summed E-state index contributed by atoms with van der Waals surface area (Å²) in [5, 5.41) is 11.4. The molecule has 6 nitrogen and oxygen atoms in total. The molecule has 0 unspecified atom stereocenters. The SMILES string of the molecule is Fc1cc(/C=N\n2cnnc2)ccc1N1CCOCC1. The number of aromatic nitrogens is 3. The molecule has 1 fully saturated rings. The van der Waals surface area contributed by atoms with Gasteiger partial charge in [0, 0.05) is 13.1 Å². The topological polar surface area (TPSA) is 55.5 Å². The zero-order valence-electron chi connectivity index (χ0n) is 10.8. The molecule has 2 heterocycles. The average molecular weight is 275 g/mol. The lowest BCUT2D eigenvalue weighted by atomic mass is 10.2. The fourth-order valence-corrected chi connectivity index (χ4v) is 2.05. The van der Waals surface area contributed by atoms with Gasteiger partial charge in [0.2, 0.25) is 0 Å². The Morgan fingerprint density at radius 3 is 2.65 bits per heavy atom. The number of nitrogens with zero attached hydrogens (tertiary/aromatic N) is 5. The van der Waals surface area contributed by atoms with Gasteiger partial charge in [-0.25, -0.2) is 9.07 Å². The van der Waals surface area contributed by atoms with Gasteiger partial charge < -0.3 is 9.64 Å². The average Bonchev–Trinajstić information content (AvgIpc) is 2.99. The molecule has 1 aromatic heterocycles. The van der Waals surface area contributed by atoms with Crippen LogP contribution in [0, 0.1) is 5.82 Å². The Hall–Kier alpha value is -2.28. The second-order valence-electron chi connectivity index (χ2n) is 4.40. The maximum absolute atomic E-state index is 14.1. The second-order valence-corrected chi connectivity index (χ2v) is 4.40. The molecule has 7 heteroatoms. The summed E-state index contributed by atoms with van der Waals surface area (Å²) in [6.07, 6.45) is 4.50. The highest BCUT2D eigenvalue weighted by atomic mass is 19.1. The summed E-state index contributed by atoms with van der Waals surface area (Å²) >= 11 is 0. The fraction of sp³-hybridized carbons (Fsp3) is 0.308. The van der Waals surface area contributed by atoms with Crippen LogP contribution in [0.2, 0.25) is 0 Å². The smallest absolute Gasteiger partial charge is 0.147 e. The first-order valence-electron chi connectivity index (χ1n) is 6.34. The molecule has 2 aromatic rings. The number of hydrogen-bond acceptors (Lipinski definition) is 5. The van der Waals surface area contributed by atoms with E-state index in [1.165, 1.54) is 23.4 Å². The lowest BCUT2D eigenvalue weighted by molar-refractivity contribution is 0.122. The highest BCUT2D eigenvalue weighted by Gasteiger charge is 2.14. The number of hydrogen-bond donors (Lipinski definition) is 0. The number of morpholine rings is 1. The van der Waals surface area contributed by atoms with Crippen LogP contribution >= 0.6 is 0 Å². The minimum absolute atomic E-state index is 0.250. The van der Waals surface area contributed by atoms with Gasteiger partial charge in [0.25, 0.3) is 0 Å². The van der Waals surface area contributed by atoms with Crippen molar-refractivity contribution in [1.82, 2.24) is 14.9 Å². The molecular formula is C13H14FN5O. The predicted molar refractivity (Wildman–Crippen MR) is 72.4 cm³/mol. The molecule has 0 atom stereocenters. The first-order chi connectivity index (χ1) is 9.83. The number of ether oxygens (including phenoxy) is 1. The third-order valence-electron chi connectivity index (χ3n) is 3.07. The molecule has 0 N–H and O–H groups in total. The molecule has 0 bridgehead atoms. The Morgan fingerprint density at radius 2 is 1.95 bits per heavy atom. The summed E-state index contributed by atoms with van der Waals surface area (Å²) in [7, 11) is 0. The van der Waals surface area contributed by atoms with Crippen molar-refractivity contribution in [3.8, 4) is 0 Å². The molecule has 0 saturated carbocycles. The lowest BCUT2D eigenvalue weighted by Crippen LogP contribution is -2.36. The number of anilines is 1. The van der Waals surface area contributed by atoms with E-state index in [1.54, 1.807) is 12.3 Å². The Bertz CT molecular complexity index is 593. The Morgan fingerprint density at radius 1 is 1.20 bits per heavy atom. The third kappa shape index (κ3) is 2.83. The van der Waals surface area contributed by atoms with Gasteiger partial charge in [-0.2, -0.15) is 5.10 Å². The van der Waals surface area contributed by atoms with Gasteiger partial charge in [-0.3, -0.25) is 0 Å². The highest BCUT2D eigenvalue weighted by molar-refractivity contribution is 5.80. The van der Waals surface area contributed by atoms with E-state index >= 15 is 0 Å². The van der Waals surface area contributed by atoms with E-state index in [0.29, 0.717) is 37.6 Å². The molecule has 0 radical (unpaired) electrons. The van der Waals surface area contributed by atoms with Gasteiger partial charge in [-0.1, -0.05) is 6.07 Å². The van der Waals surface area contributed by atoms with Crippen molar-refractivity contribution in [3.05, 3.63) is 42.2 Å². The van der Waals surface area contributed by atoms with E-state index in [1.807, 2.05) is 11.0 Å². The van der Waals surface area contributed by atoms with E-state index in [4.69, 9.17) is 4.74 Å². The Labute approximate surface area is 115 Å². The van der Waals surface area contributed by atoms with Crippen LogP contribution in [0.3, 0.4) is 0 Å². The molecule has 3 rings (SSSR count). The Kier molecular flexibility index (Phi) is 3.69. The molecule has 1 aromatic carbocycles. The van der Waals surface area contributed by atoms with Crippen molar-refractivity contribution in [3.63, 3.8) is 0 Å². The van der Waals surface area contributed by atoms with Crippen LogP contribution in [0.1, 0.15) is 5.56 Å². The van der Waals surface area contributed by atoms with Gasteiger partial charge in [0.05, 0.1) is 25.1 Å². The number of benzene rings is 1. The zero-order valence-corrected chi connectivity index (χ0v) is 10.8. The third-order valence-corrected chi connectivity index (χ3v) is 3.07. The summed E-state index contributed by atoms with van der Waals surface area (Å²) < 4.78 is 20.8. The quantitative estimate of drug-likeness (QED) is 0.788. The van der Waals surface area contributed by atoms with Crippen LogP contribution in [-0.2, 0) is 4.74 Å². The maximum Gasteiger partial charge on any atom is 0.147 e. The van der Waals surface area contributed by atoms with Crippen LogP contribution < -0.4 is 4.90 Å². The molecule has 0 amide bonds. The van der Waals surface area contributed by atoms with Crippen molar-refractivity contribution >= 4 is 11.9 Å². The molecule has 0 aliphatic carbocycles. The maximum atomic E-state index is 14.1. The van der Waals surface area contributed by atoms with Crippen molar-refractivity contribution < 1.29 is 9.13 Å². The van der Waals surface area contributed by atoms with Gasteiger partial charge in [-0.05, 0) is 17.7 Å². The monoisotopic (exact) mass is 275 g/mol. The summed E-state index contributed by atoms with van der Waals surface area (Å²) in [4.78, 5) is 1.99. The second kappa shape index (κ2) is 5.79. The van der Waals surface area contributed by atoms with E-state index in [9.17, 15) is 4.39 Å². The van der Waals surface area contributed by atoms with E-state index < -0.39 is 0 Å². The first-order valence-corrected chi connectivity index (χ1v) is 6.34. The van der Waals surface area contributed by atoms with Crippen molar-refractivity contribution in [2.75, 3.05) is 31.2 Å². The first kappa shape index (κ1) is 12.7. The predicted octanol–water partition coefficient (Wildman–Crippen LogP) is 1.14. The van der Waals surface area contributed by atoms with Crippen LogP contribution in [0.25, 0.3) is 0 Å². The van der Waals surface area contributed by atoms with E-state index in [2.05, 4.69) is 15.3 Å². The molecule has 1 aliphatic heterocycles. The molecule has 1 aliphatic rings. The van der Waals surface area contributed by atoms with Crippen molar-refractivity contribution in [1.29, 1.82) is 0 Å². The standard InChI is InChI=1S/C13H14FN5O/c14-12-7-11(8-17-19-9-15-16-10-19)1-2-13(12)18-3-5-20-6-4-18/h1-2,7-10H,3-6H2/b17-8-. The summed E-state index contributed by atoms with van der Waals surface area (Å²) in [5.74, 6) is -0.250. The fourth-order valence-electron chi connectivity index (χ4n) is 2.05.